The average Bonchev–Trinajstić information content (AvgIpc) is 3.54. The Morgan fingerprint density at radius 3 is 2.53 bits per heavy atom. The second-order valence-corrected chi connectivity index (χ2v) is 13.7. The van der Waals surface area contributed by atoms with E-state index >= 15 is 0 Å². The number of piperazine rings is 1. The Bertz CT molecular complexity index is 1910. The van der Waals surface area contributed by atoms with Gasteiger partial charge in [-0.1, -0.05) is 23.7 Å². The van der Waals surface area contributed by atoms with Gasteiger partial charge in [0.25, 0.3) is 0 Å². The van der Waals surface area contributed by atoms with Crippen molar-refractivity contribution in [3.63, 3.8) is 0 Å². The molecular formula is C33H34ClN9O3S. The van der Waals surface area contributed by atoms with E-state index < -0.39 is 12.1 Å². The zero-order valence-corrected chi connectivity index (χ0v) is 27.9. The topological polar surface area (TPSA) is 129 Å². The molecule has 242 valence electrons. The molecule has 2 saturated heterocycles. The number of halogens is 1. The number of pyridine rings is 1. The second-order valence-electron chi connectivity index (χ2n) is 12.0. The summed E-state index contributed by atoms with van der Waals surface area (Å²) in [6.45, 7) is 9.54. The Morgan fingerprint density at radius 2 is 1.79 bits per heavy atom. The number of imide groups is 1. The second kappa shape index (κ2) is 12.6. The van der Waals surface area contributed by atoms with Crippen LogP contribution in [0.25, 0.3) is 5.00 Å². The highest BCUT2D eigenvalue weighted by molar-refractivity contribution is 7.15. The maximum Gasteiger partial charge on any atom is 0.328 e. The van der Waals surface area contributed by atoms with Crippen molar-refractivity contribution in [1.82, 2.24) is 34.9 Å². The van der Waals surface area contributed by atoms with Crippen molar-refractivity contribution in [3.8, 4) is 5.00 Å². The lowest BCUT2D eigenvalue weighted by atomic mass is 9.99. The monoisotopic (exact) mass is 671 g/mol. The van der Waals surface area contributed by atoms with Gasteiger partial charge in [-0.25, -0.2) is 4.79 Å². The Hall–Kier alpha value is -4.46. The Balaban J connectivity index is 1.09. The molecule has 0 aliphatic carbocycles. The lowest BCUT2D eigenvalue weighted by Crippen LogP contribution is -2.50. The van der Waals surface area contributed by atoms with Gasteiger partial charge in [0.05, 0.1) is 24.0 Å². The van der Waals surface area contributed by atoms with Crippen LogP contribution in [-0.2, 0) is 16.1 Å². The van der Waals surface area contributed by atoms with E-state index in [1.54, 1.807) is 28.6 Å². The molecule has 0 saturated carbocycles. The third kappa shape index (κ3) is 5.94. The van der Waals surface area contributed by atoms with Gasteiger partial charge in [0.2, 0.25) is 11.8 Å². The van der Waals surface area contributed by atoms with Crippen LogP contribution in [0.3, 0.4) is 0 Å². The van der Waals surface area contributed by atoms with Crippen molar-refractivity contribution in [1.29, 1.82) is 0 Å². The van der Waals surface area contributed by atoms with E-state index in [1.165, 1.54) is 4.88 Å². The number of hydrogen-bond acceptors (Lipinski definition) is 9. The maximum atomic E-state index is 13.9. The van der Waals surface area contributed by atoms with Gasteiger partial charge in [0.15, 0.2) is 5.82 Å². The number of aryl methyl sites for hydroxylation is 2. The van der Waals surface area contributed by atoms with Gasteiger partial charge >= 0.3 is 6.03 Å². The number of nitrogens with one attached hydrogen (secondary N) is 1. The molecule has 6 heterocycles. The molecule has 4 amide bonds. The standard InChI is InChI=1S/C33H34ClN9O3S/c1-19-20(2)47-32-29(19)30(22-4-6-24(34)7-5-22)36-25(31-39-38-21(3)43(31)32)16-28(45)41-14-12-40(13-15-41)18-23-8-10-35-17-26(23)42-11-9-27(44)37-33(42)46/h4-8,10,17,25H,9,11-16,18H2,1-3H3,(H,37,44,46)/t25-/m0/s1. The summed E-state index contributed by atoms with van der Waals surface area (Å²) in [5.41, 5.74) is 5.57. The van der Waals surface area contributed by atoms with Crippen molar-refractivity contribution in [3.05, 3.63) is 86.5 Å². The van der Waals surface area contributed by atoms with Crippen molar-refractivity contribution >= 4 is 52.2 Å². The van der Waals surface area contributed by atoms with Crippen LogP contribution >= 0.6 is 22.9 Å². The van der Waals surface area contributed by atoms with Crippen LogP contribution in [0.15, 0.2) is 47.7 Å². The number of carbonyl (C=O) groups excluding carboxylic acids is 3. The highest BCUT2D eigenvalue weighted by atomic mass is 35.5. The van der Waals surface area contributed by atoms with Crippen LogP contribution in [0.2, 0.25) is 5.02 Å². The average molecular weight is 672 g/mol. The van der Waals surface area contributed by atoms with Crippen LogP contribution in [0.4, 0.5) is 10.5 Å². The molecule has 2 fully saturated rings. The molecule has 12 nitrogen and oxygen atoms in total. The smallest absolute Gasteiger partial charge is 0.328 e. The van der Waals surface area contributed by atoms with Gasteiger partial charge in [0, 0.05) is 72.9 Å². The van der Waals surface area contributed by atoms with Crippen molar-refractivity contribution in [2.75, 3.05) is 37.6 Å². The molecule has 0 radical (unpaired) electrons. The van der Waals surface area contributed by atoms with Gasteiger partial charge in [-0.05, 0) is 50.1 Å². The van der Waals surface area contributed by atoms with Crippen molar-refractivity contribution in [2.45, 2.75) is 46.2 Å². The Morgan fingerprint density at radius 1 is 1.02 bits per heavy atom. The van der Waals surface area contributed by atoms with E-state index in [1.807, 2.05) is 42.2 Å². The fourth-order valence-electron chi connectivity index (χ4n) is 6.41. The van der Waals surface area contributed by atoms with Crippen LogP contribution in [0.1, 0.15) is 57.7 Å². The third-order valence-electron chi connectivity index (χ3n) is 9.08. The van der Waals surface area contributed by atoms with Crippen LogP contribution in [-0.4, -0.2) is 85.8 Å². The number of urea groups is 1. The highest BCUT2D eigenvalue weighted by Gasteiger charge is 2.34. The molecule has 4 aromatic rings. The first kappa shape index (κ1) is 31.2. The van der Waals surface area contributed by atoms with E-state index in [2.05, 4.69) is 43.8 Å². The summed E-state index contributed by atoms with van der Waals surface area (Å²) in [5, 5.41) is 13.0. The first-order valence-corrected chi connectivity index (χ1v) is 16.8. The number of fused-ring (bicyclic) bond motifs is 3. The van der Waals surface area contributed by atoms with E-state index in [9.17, 15) is 14.4 Å². The van der Waals surface area contributed by atoms with Gasteiger partial charge < -0.3 is 4.90 Å². The largest absolute Gasteiger partial charge is 0.340 e. The fourth-order valence-corrected chi connectivity index (χ4v) is 7.75. The van der Waals surface area contributed by atoms with Crippen molar-refractivity contribution in [2.24, 2.45) is 4.99 Å². The number of benzene rings is 1. The van der Waals surface area contributed by atoms with Crippen LogP contribution in [0, 0.1) is 20.8 Å². The summed E-state index contributed by atoms with van der Waals surface area (Å²) < 4.78 is 2.06. The number of hydrogen-bond donors (Lipinski definition) is 1. The number of aliphatic imine (C=N–C) groups is 1. The first-order chi connectivity index (χ1) is 22.7. The number of anilines is 1. The molecule has 0 bridgehead atoms. The van der Waals surface area contributed by atoms with E-state index in [0.717, 1.165) is 38.8 Å². The fraction of sp³-hybridized carbons (Fsp3) is 0.364. The molecule has 1 aromatic carbocycles. The Labute approximate surface area is 281 Å². The predicted molar refractivity (Wildman–Crippen MR) is 179 cm³/mol. The van der Waals surface area contributed by atoms with E-state index in [-0.39, 0.29) is 24.7 Å². The van der Waals surface area contributed by atoms with Crippen LogP contribution < -0.4 is 10.2 Å². The minimum absolute atomic E-state index is 0.0125. The Kier molecular flexibility index (Phi) is 8.37. The minimum Gasteiger partial charge on any atom is -0.340 e. The summed E-state index contributed by atoms with van der Waals surface area (Å²) in [5.74, 6) is 1.16. The quantitative estimate of drug-likeness (QED) is 0.322. The molecule has 1 N–H and O–H groups in total. The number of aromatic nitrogens is 4. The summed E-state index contributed by atoms with van der Waals surface area (Å²) in [6, 6.07) is 8.62. The number of nitrogens with zero attached hydrogens (tertiary/aromatic N) is 8. The van der Waals surface area contributed by atoms with Gasteiger partial charge in [-0.2, -0.15) is 0 Å². The molecule has 3 aromatic heterocycles. The number of amides is 4. The minimum atomic E-state index is -0.520. The molecular weight excluding hydrogens is 638 g/mol. The first-order valence-electron chi connectivity index (χ1n) is 15.6. The zero-order chi connectivity index (χ0) is 32.8. The molecule has 47 heavy (non-hydrogen) atoms. The zero-order valence-electron chi connectivity index (χ0n) is 26.4. The summed E-state index contributed by atoms with van der Waals surface area (Å²) in [6.07, 6.45) is 3.79. The van der Waals surface area contributed by atoms with Gasteiger partial charge in [-0.3, -0.25) is 39.2 Å². The van der Waals surface area contributed by atoms with Crippen LogP contribution in [0.5, 0.6) is 0 Å². The summed E-state index contributed by atoms with van der Waals surface area (Å²) >= 11 is 7.93. The molecule has 3 aliphatic rings. The van der Waals surface area contributed by atoms with Gasteiger partial charge in [0.1, 0.15) is 16.9 Å². The van der Waals surface area contributed by atoms with Crippen molar-refractivity contribution < 1.29 is 14.4 Å². The SMILES string of the molecule is Cc1sc2c(c1C)C(c1ccc(Cl)cc1)=N[C@@H](CC(=O)N1CCN(Cc3ccncc3N3CCC(=O)NC3=O)CC1)c1nnc(C)n1-2. The molecule has 3 aliphatic heterocycles. The molecule has 0 unspecified atom stereocenters. The number of thiophene rings is 1. The summed E-state index contributed by atoms with van der Waals surface area (Å²) in [4.78, 5) is 54.5. The van der Waals surface area contributed by atoms with E-state index in [0.29, 0.717) is 55.8 Å². The normalized spacial score (nSPS) is 18.4. The van der Waals surface area contributed by atoms with Gasteiger partial charge in [-0.15, -0.1) is 21.5 Å². The molecule has 14 heteroatoms. The van der Waals surface area contributed by atoms with E-state index in [4.69, 9.17) is 16.6 Å². The third-order valence-corrected chi connectivity index (χ3v) is 10.5. The maximum absolute atomic E-state index is 13.9. The molecule has 1 atom stereocenters. The lowest BCUT2D eigenvalue weighted by molar-refractivity contribution is -0.133. The molecule has 0 spiro atoms. The predicted octanol–water partition coefficient (Wildman–Crippen LogP) is 4.38. The highest BCUT2D eigenvalue weighted by Crippen LogP contribution is 2.40. The lowest BCUT2D eigenvalue weighted by Gasteiger charge is -2.36. The molecule has 7 rings (SSSR count). The number of rotatable bonds is 6. The number of carbonyl (C=O) groups is 3. The summed E-state index contributed by atoms with van der Waals surface area (Å²) in [7, 11) is 0.